The van der Waals surface area contributed by atoms with Crippen molar-refractivity contribution in [3.8, 4) is 0 Å². The van der Waals surface area contributed by atoms with E-state index in [1.54, 1.807) is 0 Å². The van der Waals surface area contributed by atoms with E-state index in [0.717, 1.165) is 43.8 Å². The normalized spacial score (nSPS) is 28.0. The molecule has 0 amide bonds. The highest BCUT2D eigenvalue weighted by molar-refractivity contribution is 5.79. The molecule has 0 aromatic heterocycles. The van der Waals surface area contributed by atoms with Gasteiger partial charge in [0.2, 0.25) is 0 Å². The molecule has 1 heterocycles. The van der Waals surface area contributed by atoms with Crippen molar-refractivity contribution in [2.45, 2.75) is 51.5 Å². The van der Waals surface area contributed by atoms with Crippen molar-refractivity contribution in [1.82, 2.24) is 4.90 Å². The second-order valence-corrected chi connectivity index (χ2v) is 7.62. The molecular formula is C22H31NO2. The summed E-state index contributed by atoms with van der Waals surface area (Å²) >= 11 is 0. The van der Waals surface area contributed by atoms with Crippen LogP contribution < -0.4 is 0 Å². The van der Waals surface area contributed by atoms with Gasteiger partial charge in [-0.2, -0.15) is 0 Å². The van der Waals surface area contributed by atoms with Crippen LogP contribution in [0.3, 0.4) is 0 Å². The van der Waals surface area contributed by atoms with E-state index in [2.05, 4.69) is 43.0 Å². The number of rotatable bonds is 6. The van der Waals surface area contributed by atoms with E-state index in [4.69, 9.17) is 4.74 Å². The maximum atomic E-state index is 12.9. The van der Waals surface area contributed by atoms with Crippen molar-refractivity contribution in [3.05, 3.63) is 48.0 Å². The fourth-order valence-electron chi connectivity index (χ4n) is 4.18. The third-order valence-corrected chi connectivity index (χ3v) is 6.03. The Morgan fingerprint density at radius 3 is 2.68 bits per heavy atom. The average Bonchev–Trinajstić information content (AvgIpc) is 2.96. The summed E-state index contributed by atoms with van der Waals surface area (Å²) in [7, 11) is 0. The zero-order chi connectivity index (χ0) is 17.6. The lowest BCUT2D eigenvalue weighted by Gasteiger charge is -2.27. The molecule has 0 spiro atoms. The van der Waals surface area contributed by atoms with Gasteiger partial charge >= 0.3 is 5.97 Å². The Labute approximate surface area is 152 Å². The summed E-state index contributed by atoms with van der Waals surface area (Å²) in [5, 5.41) is 0. The van der Waals surface area contributed by atoms with Crippen molar-refractivity contribution in [3.63, 3.8) is 0 Å². The van der Waals surface area contributed by atoms with Gasteiger partial charge in [-0.15, -0.1) is 0 Å². The van der Waals surface area contributed by atoms with E-state index in [-0.39, 0.29) is 17.8 Å². The van der Waals surface area contributed by atoms with E-state index in [9.17, 15) is 4.79 Å². The van der Waals surface area contributed by atoms with Crippen LogP contribution in [-0.2, 0) is 9.53 Å². The van der Waals surface area contributed by atoms with Crippen LogP contribution in [0.1, 0.15) is 51.0 Å². The smallest absolute Gasteiger partial charge is 0.314 e. The Kier molecular flexibility index (Phi) is 6.30. The molecule has 2 aliphatic rings. The molecule has 3 nitrogen and oxygen atoms in total. The van der Waals surface area contributed by atoms with Crippen LogP contribution in [0.15, 0.2) is 42.5 Å². The Bertz CT molecular complexity index is 583. The van der Waals surface area contributed by atoms with Crippen LogP contribution in [-0.4, -0.2) is 36.6 Å². The predicted molar refractivity (Wildman–Crippen MR) is 101 cm³/mol. The minimum atomic E-state index is -0.173. The predicted octanol–water partition coefficient (Wildman–Crippen LogP) is 4.40. The SMILES string of the molecule is C[C@@H]1[C@@H](C)CCN1CCOC(=O)[C@@H](c1ccccc1)[C@H]1C=CCCC1. The summed E-state index contributed by atoms with van der Waals surface area (Å²) in [4.78, 5) is 15.3. The van der Waals surface area contributed by atoms with Crippen LogP contribution in [0.5, 0.6) is 0 Å². The molecule has 0 radical (unpaired) electrons. The topological polar surface area (TPSA) is 29.5 Å². The monoisotopic (exact) mass is 341 g/mol. The molecule has 0 unspecified atom stereocenters. The fraction of sp³-hybridized carbons (Fsp3) is 0.591. The molecule has 25 heavy (non-hydrogen) atoms. The van der Waals surface area contributed by atoms with Crippen molar-refractivity contribution in [1.29, 1.82) is 0 Å². The second-order valence-electron chi connectivity index (χ2n) is 7.62. The van der Waals surface area contributed by atoms with Gasteiger partial charge in [-0.25, -0.2) is 0 Å². The van der Waals surface area contributed by atoms with E-state index in [1.165, 1.54) is 6.42 Å². The molecule has 0 saturated carbocycles. The molecule has 1 aromatic rings. The lowest BCUT2D eigenvalue weighted by atomic mass is 9.80. The Balaban J connectivity index is 1.61. The maximum Gasteiger partial charge on any atom is 0.314 e. The van der Waals surface area contributed by atoms with Crippen molar-refractivity contribution in [2.24, 2.45) is 11.8 Å². The van der Waals surface area contributed by atoms with Crippen LogP contribution in [0, 0.1) is 11.8 Å². The molecule has 3 rings (SSSR count). The first kappa shape index (κ1) is 18.2. The number of likely N-dealkylation sites (tertiary alicyclic amines) is 1. The van der Waals surface area contributed by atoms with Gasteiger partial charge in [0.1, 0.15) is 6.61 Å². The number of esters is 1. The van der Waals surface area contributed by atoms with Crippen molar-refractivity contribution < 1.29 is 9.53 Å². The van der Waals surface area contributed by atoms with E-state index < -0.39 is 0 Å². The Hall–Kier alpha value is -1.61. The first-order valence-electron chi connectivity index (χ1n) is 9.79. The molecule has 4 atom stereocenters. The van der Waals surface area contributed by atoms with Crippen LogP contribution in [0.4, 0.5) is 0 Å². The summed E-state index contributed by atoms with van der Waals surface area (Å²) in [5.41, 5.74) is 1.08. The number of nitrogens with zero attached hydrogens (tertiary/aromatic N) is 1. The van der Waals surface area contributed by atoms with E-state index in [1.807, 2.05) is 18.2 Å². The van der Waals surface area contributed by atoms with Crippen LogP contribution >= 0.6 is 0 Å². The lowest BCUT2D eigenvalue weighted by Crippen LogP contribution is -2.34. The maximum absolute atomic E-state index is 12.9. The fourth-order valence-corrected chi connectivity index (χ4v) is 4.18. The molecule has 1 saturated heterocycles. The first-order chi connectivity index (χ1) is 12.2. The summed E-state index contributed by atoms with van der Waals surface area (Å²) in [6.45, 7) is 7.04. The number of allylic oxidation sites excluding steroid dienone is 2. The van der Waals surface area contributed by atoms with Gasteiger partial charge in [-0.1, -0.05) is 49.4 Å². The number of ether oxygens (including phenoxy) is 1. The highest BCUT2D eigenvalue weighted by atomic mass is 16.5. The highest BCUT2D eigenvalue weighted by Gasteiger charge is 2.31. The standard InChI is InChI=1S/C22H31NO2/c1-17-13-14-23(18(17)2)15-16-25-22(24)21(19-9-5-3-6-10-19)20-11-7-4-8-12-20/h3,5-7,9-11,17-18,20-21H,4,8,12-16H2,1-2H3/t17-,18+,20-,21-/m0/s1. The molecular weight excluding hydrogens is 310 g/mol. The Morgan fingerprint density at radius 2 is 2.04 bits per heavy atom. The molecule has 1 aliphatic carbocycles. The summed E-state index contributed by atoms with van der Waals surface area (Å²) < 4.78 is 5.74. The minimum absolute atomic E-state index is 0.0670. The van der Waals surface area contributed by atoms with E-state index >= 15 is 0 Å². The average molecular weight is 341 g/mol. The van der Waals surface area contributed by atoms with Crippen molar-refractivity contribution in [2.75, 3.05) is 19.7 Å². The largest absolute Gasteiger partial charge is 0.464 e. The van der Waals surface area contributed by atoms with Gasteiger partial charge in [0, 0.05) is 12.6 Å². The van der Waals surface area contributed by atoms with Gasteiger partial charge in [0.05, 0.1) is 5.92 Å². The summed E-state index contributed by atoms with van der Waals surface area (Å²) in [6.07, 6.45) is 9.01. The first-order valence-corrected chi connectivity index (χ1v) is 9.79. The molecule has 1 aliphatic heterocycles. The van der Waals surface area contributed by atoms with Gasteiger partial charge in [0.25, 0.3) is 0 Å². The zero-order valence-electron chi connectivity index (χ0n) is 15.6. The third-order valence-electron chi connectivity index (χ3n) is 6.03. The van der Waals surface area contributed by atoms with Crippen molar-refractivity contribution >= 4 is 5.97 Å². The van der Waals surface area contributed by atoms with Crippen LogP contribution in [0.25, 0.3) is 0 Å². The molecule has 1 aromatic carbocycles. The molecule has 0 N–H and O–H groups in total. The second kappa shape index (κ2) is 8.66. The number of carbonyl (C=O) groups excluding carboxylic acids is 1. The molecule has 1 fully saturated rings. The Morgan fingerprint density at radius 1 is 1.24 bits per heavy atom. The molecule has 3 heteroatoms. The number of hydrogen-bond acceptors (Lipinski definition) is 3. The number of hydrogen-bond donors (Lipinski definition) is 0. The number of carbonyl (C=O) groups is 1. The van der Waals surface area contributed by atoms with Gasteiger partial charge in [-0.3, -0.25) is 9.69 Å². The number of benzene rings is 1. The minimum Gasteiger partial charge on any atom is -0.464 e. The van der Waals surface area contributed by atoms with Gasteiger partial charge in [0.15, 0.2) is 0 Å². The highest BCUT2D eigenvalue weighted by Crippen LogP contribution is 2.33. The molecule has 136 valence electrons. The molecule has 0 bridgehead atoms. The quantitative estimate of drug-likeness (QED) is 0.567. The lowest BCUT2D eigenvalue weighted by molar-refractivity contribution is -0.147. The van der Waals surface area contributed by atoms with E-state index in [0.29, 0.717) is 12.6 Å². The summed E-state index contributed by atoms with van der Waals surface area (Å²) in [6, 6.07) is 10.7. The third kappa shape index (κ3) is 4.52. The summed E-state index contributed by atoms with van der Waals surface area (Å²) in [5.74, 6) is 0.754. The zero-order valence-corrected chi connectivity index (χ0v) is 15.6. The van der Waals surface area contributed by atoms with Gasteiger partial charge in [-0.05, 0) is 56.6 Å². The van der Waals surface area contributed by atoms with Crippen LogP contribution in [0.2, 0.25) is 0 Å². The van der Waals surface area contributed by atoms with Gasteiger partial charge < -0.3 is 4.74 Å².